The van der Waals surface area contributed by atoms with Gasteiger partial charge in [-0.2, -0.15) is 0 Å². The summed E-state index contributed by atoms with van der Waals surface area (Å²) >= 11 is 9.52. The van der Waals surface area contributed by atoms with Crippen molar-refractivity contribution in [3.8, 4) is 0 Å². The molecule has 138 valence electrons. The minimum atomic E-state index is -3.10. The van der Waals surface area contributed by atoms with Crippen LogP contribution in [0.3, 0.4) is 0 Å². The van der Waals surface area contributed by atoms with Gasteiger partial charge in [-0.25, -0.2) is 8.42 Å². The number of halogens is 2. The molecule has 0 spiro atoms. The van der Waals surface area contributed by atoms with Crippen molar-refractivity contribution in [2.45, 2.75) is 12.5 Å². The third kappa shape index (κ3) is 4.58. The third-order valence-electron chi connectivity index (χ3n) is 4.24. The molecule has 0 bridgehead atoms. The highest BCUT2D eigenvalue weighted by Crippen LogP contribution is 2.27. The summed E-state index contributed by atoms with van der Waals surface area (Å²) in [6.45, 7) is 0.0206. The number of benzene rings is 2. The van der Waals surface area contributed by atoms with E-state index in [1.165, 1.54) is 0 Å². The van der Waals surface area contributed by atoms with E-state index in [1.54, 1.807) is 17.0 Å². The standard InChI is InChI=1S/C18H18BrClN2O3S/c19-13-6-7-17(16(20)10-13)21-11-18(23)22(14-4-2-1-3-5-14)15-8-9-26(24,25)12-15/h1-7,10,15,21H,8-9,11-12H2. The second kappa shape index (κ2) is 7.98. The molecule has 1 saturated heterocycles. The number of anilines is 2. The van der Waals surface area contributed by atoms with E-state index in [2.05, 4.69) is 21.2 Å². The van der Waals surface area contributed by atoms with Crippen molar-refractivity contribution in [1.29, 1.82) is 0 Å². The number of nitrogens with zero attached hydrogens (tertiary/aromatic N) is 1. The zero-order valence-corrected chi connectivity index (χ0v) is 17.0. The van der Waals surface area contributed by atoms with E-state index in [4.69, 9.17) is 11.6 Å². The van der Waals surface area contributed by atoms with Gasteiger partial charge in [0, 0.05) is 10.2 Å². The summed E-state index contributed by atoms with van der Waals surface area (Å²) in [5.41, 5.74) is 1.35. The van der Waals surface area contributed by atoms with E-state index >= 15 is 0 Å². The molecule has 2 aromatic rings. The largest absolute Gasteiger partial charge is 0.375 e. The highest BCUT2D eigenvalue weighted by Gasteiger charge is 2.35. The molecule has 1 unspecified atom stereocenters. The fraction of sp³-hybridized carbons (Fsp3) is 0.278. The lowest BCUT2D eigenvalue weighted by Crippen LogP contribution is -2.44. The van der Waals surface area contributed by atoms with Gasteiger partial charge in [0.25, 0.3) is 0 Å². The number of amides is 1. The van der Waals surface area contributed by atoms with Crippen molar-refractivity contribution in [1.82, 2.24) is 0 Å². The zero-order valence-electron chi connectivity index (χ0n) is 13.9. The molecule has 2 aromatic carbocycles. The first-order valence-electron chi connectivity index (χ1n) is 8.12. The molecule has 8 heteroatoms. The fourth-order valence-corrected chi connectivity index (χ4v) is 5.45. The lowest BCUT2D eigenvalue weighted by molar-refractivity contribution is -0.117. The summed E-state index contributed by atoms with van der Waals surface area (Å²) in [7, 11) is -3.10. The molecule has 1 heterocycles. The molecule has 1 amide bonds. The molecule has 1 N–H and O–H groups in total. The lowest BCUT2D eigenvalue weighted by Gasteiger charge is -2.28. The quantitative estimate of drug-likeness (QED) is 0.743. The monoisotopic (exact) mass is 456 g/mol. The van der Waals surface area contributed by atoms with Gasteiger partial charge in [0.05, 0.1) is 34.8 Å². The summed E-state index contributed by atoms with van der Waals surface area (Å²) in [5.74, 6) is -0.0929. The van der Waals surface area contributed by atoms with Gasteiger partial charge < -0.3 is 10.2 Å². The van der Waals surface area contributed by atoms with Gasteiger partial charge in [-0.15, -0.1) is 0 Å². The van der Waals surface area contributed by atoms with Crippen molar-refractivity contribution in [3.63, 3.8) is 0 Å². The Kier molecular flexibility index (Phi) is 5.89. The van der Waals surface area contributed by atoms with E-state index in [1.807, 2.05) is 36.4 Å². The summed E-state index contributed by atoms with van der Waals surface area (Å²) < 4.78 is 24.6. The number of hydrogen-bond donors (Lipinski definition) is 1. The number of carbonyl (C=O) groups is 1. The van der Waals surface area contributed by atoms with Gasteiger partial charge in [-0.3, -0.25) is 4.79 Å². The van der Waals surface area contributed by atoms with E-state index in [0.717, 1.165) is 4.47 Å². The molecule has 1 aliphatic rings. The van der Waals surface area contributed by atoms with E-state index in [-0.39, 0.29) is 30.0 Å². The van der Waals surface area contributed by atoms with Gasteiger partial charge in [0.1, 0.15) is 0 Å². The van der Waals surface area contributed by atoms with Crippen molar-refractivity contribution in [3.05, 3.63) is 58.0 Å². The van der Waals surface area contributed by atoms with Crippen LogP contribution >= 0.6 is 27.5 Å². The third-order valence-corrected chi connectivity index (χ3v) is 6.79. The SMILES string of the molecule is O=C(CNc1ccc(Br)cc1Cl)N(c1ccccc1)C1CCS(=O)(=O)C1. The van der Waals surface area contributed by atoms with Crippen LogP contribution in [-0.2, 0) is 14.6 Å². The molecule has 0 aliphatic carbocycles. The number of nitrogens with one attached hydrogen (secondary N) is 1. The maximum absolute atomic E-state index is 12.9. The molecule has 0 aromatic heterocycles. The number of carbonyl (C=O) groups excluding carboxylic acids is 1. The van der Waals surface area contributed by atoms with Crippen LogP contribution < -0.4 is 10.2 Å². The minimum Gasteiger partial charge on any atom is -0.375 e. The van der Waals surface area contributed by atoms with Gasteiger partial charge in [0.15, 0.2) is 9.84 Å². The van der Waals surface area contributed by atoms with Gasteiger partial charge in [-0.05, 0) is 36.8 Å². The average molecular weight is 458 g/mol. The smallest absolute Gasteiger partial charge is 0.246 e. The highest BCUT2D eigenvalue weighted by atomic mass is 79.9. The first-order valence-corrected chi connectivity index (χ1v) is 11.1. The van der Waals surface area contributed by atoms with Gasteiger partial charge in [-0.1, -0.05) is 45.7 Å². The van der Waals surface area contributed by atoms with E-state index in [0.29, 0.717) is 22.8 Å². The number of rotatable bonds is 5. The first-order chi connectivity index (χ1) is 12.4. The molecule has 1 fully saturated rings. The normalized spacial score (nSPS) is 18.5. The zero-order chi connectivity index (χ0) is 18.7. The Morgan fingerprint density at radius 2 is 1.96 bits per heavy atom. The molecule has 26 heavy (non-hydrogen) atoms. The van der Waals surface area contributed by atoms with Gasteiger partial charge >= 0.3 is 0 Å². The molecule has 0 saturated carbocycles. The average Bonchev–Trinajstić information content (AvgIpc) is 2.95. The molecular formula is C18H18BrClN2O3S. The molecular weight excluding hydrogens is 440 g/mol. The highest BCUT2D eigenvalue weighted by molar-refractivity contribution is 9.10. The number of para-hydroxylation sites is 1. The van der Waals surface area contributed by atoms with Crippen LogP contribution in [-0.4, -0.2) is 38.4 Å². The van der Waals surface area contributed by atoms with Crippen molar-refractivity contribution < 1.29 is 13.2 Å². The van der Waals surface area contributed by atoms with Crippen molar-refractivity contribution >= 4 is 54.7 Å². The second-order valence-electron chi connectivity index (χ2n) is 6.13. The Morgan fingerprint density at radius 1 is 1.23 bits per heavy atom. The Hall–Kier alpha value is -1.57. The minimum absolute atomic E-state index is 0.00727. The predicted molar refractivity (Wildman–Crippen MR) is 109 cm³/mol. The van der Waals surface area contributed by atoms with Crippen LogP contribution in [0.5, 0.6) is 0 Å². The molecule has 1 atom stereocenters. The summed E-state index contributed by atoms with van der Waals surface area (Å²) in [4.78, 5) is 14.5. The second-order valence-corrected chi connectivity index (χ2v) is 9.69. The number of hydrogen-bond acceptors (Lipinski definition) is 4. The predicted octanol–water partition coefficient (Wildman–Crippen LogP) is 3.73. The lowest BCUT2D eigenvalue weighted by atomic mass is 10.1. The maximum atomic E-state index is 12.9. The van der Waals surface area contributed by atoms with Gasteiger partial charge in [0.2, 0.25) is 5.91 Å². The molecule has 0 radical (unpaired) electrons. The van der Waals surface area contributed by atoms with Crippen LogP contribution in [0.15, 0.2) is 53.0 Å². The van der Waals surface area contributed by atoms with Crippen molar-refractivity contribution in [2.24, 2.45) is 0 Å². The van der Waals surface area contributed by atoms with Crippen molar-refractivity contribution in [2.75, 3.05) is 28.3 Å². The fourth-order valence-electron chi connectivity index (χ4n) is 3.01. The molecule has 5 nitrogen and oxygen atoms in total. The van der Waals surface area contributed by atoms with Crippen LogP contribution in [0, 0.1) is 0 Å². The Balaban J connectivity index is 1.79. The van der Waals surface area contributed by atoms with Crippen LogP contribution in [0.25, 0.3) is 0 Å². The summed E-state index contributed by atoms with van der Waals surface area (Å²) in [6, 6.07) is 14.2. The Bertz CT molecular complexity index is 906. The molecule has 3 rings (SSSR count). The summed E-state index contributed by atoms with van der Waals surface area (Å²) in [5, 5.41) is 3.54. The molecule has 1 aliphatic heterocycles. The van der Waals surface area contributed by atoms with Crippen LogP contribution in [0.2, 0.25) is 5.02 Å². The summed E-state index contributed by atoms with van der Waals surface area (Å²) in [6.07, 6.45) is 0.446. The maximum Gasteiger partial charge on any atom is 0.246 e. The Morgan fingerprint density at radius 3 is 2.58 bits per heavy atom. The first kappa shape index (κ1) is 19.2. The van der Waals surface area contributed by atoms with E-state index < -0.39 is 9.84 Å². The van der Waals surface area contributed by atoms with Crippen LogP contribution in [0.1, 0.15) is 6.42 Å². The topological polar surface area (TPSA) is 66.5 Å². The Labute approximate surface area is 166 Å². The number of sulfone groups is 1. The van der Waals surface area contributed by atoms with E-state index in [9.17, 15) is 13.2 Å². The van der Waals surface area contributed by atoms with Crippen LogP contribution in [0.4, 0.5) is 11.4 Å².